The molecule has 0 atom stereocenters. The van der Waals surface area contributed by atoms with Crippen molar-refractivity contribution in [2.45, 2.75) is 78.4 Å². The number of aryl methyl sites for hydroxylation is 1. The van der Waals surface area contributed by atoms with Gasteiger partial charge in [0.25, 0.3) is 11.1 Å². The smallest absolute Gasteiger partial charge is 0.410 e. The maximum Gasteiger partial charge on any atom is 0.410 e. The molecule has 13 nitrogen and oxygen atoms in total. The molecule has 0 fully saturated rings. The lowest BCUT2D eigenvalue weighted by molar-refractivity contribution is 0.0200. The highest BCUT2D eigenvalue weighted by Gasteiger charge is 2.32. The van der Waals surface area contributed by atoms with Crippen LogP contribution >= 0.6 is 11.3 Å². The molecule has 0 radical (unpaired) electrons. The first-order valence-corrected chi connectivity index (χ1v) is 15.9. The third kappa shape index (κ3) is 8.08. The minimum Gasteiger partial charge on any atom is -0.493 e. The molecule has 0 saturated carbocycles. The van der Waals surface area contributed by atoms with Crippen molar-refractivity contribution in [3.05, 3.63) is 34.3 Å². The Morgan fingerprint density at radius 2 is 1.70 bits per heavy atom. The molecule has 0 unspecified atom stereocenters. The topological polar surface area (TPSA) is 146 Å². The molecule has 3 aromatic rings. The molecule has 2 N–H and O–H groups in total. The van der Waals surface area contributed by atoms with Crippen molar-refractivity contribution in [2.24, 2.45) is 0 Å². The molecular weight excluding hydrogens is 612 g/mol. The van der Waals surface area contributed by atoms with Gasteiger partial charge in [-0.2, -0.15) is 15.0 Å². The summed E-state index contributed by atoms with van der Waals surface area (Å²) in [6.45, 7) is 14.4. The highest BCUT2D eigenvalue weighted by atomic mass is 32.1. The van der Waals surface area contributed by atoms with Crippen molar-refractivity contribution in [1.82, 2.24) is 19.9 Å². The normalized spacial score (nSPS) is 13.5. The van der Waals surface area contributed by atoms with E-state index in [1.807, 2.05) is 46.8 Å². The molecule has 1 aromatic carbocycles. The minimum absolute atomic E-state index is 0.0351. The fraction of sp³-hybridized carbons (Fsp3) is 0.531. The number of hydrogen-bond donors (Lipinski definition) is 2. The van der Waals surface area contributed by atoms with Gasteiger partial charge in [0.15, 0.2) is 17.2 Å². The largest absolute Gasteiger partial charge is 0.493 e. The van der Waals surface area contributed by atoms with E-state index in [1.165, 1.54) is 36.7 Å². The molecule has 46 heavy (non-hydrogen) atoms. The first-order valence-electron chi connectivity index (χ1n) is 15.1. The van der Waals surface area contributed by atoms with E-state index in [1.54, 1.807) is 17.4 Å². The van der Waals surface area contributed by atoms with E-state index in [2.05, 4.69) is 39.4 Å². The van der Waals surface area contributed by atoms with Crippen LogP contribution in [-0.4, -0.2) is 77.9 Å². The average molecular weight is 657 g/mol. The Labute approximate surface area is 274 Å². The number of amides is 2. The van der Waals surface area contributed by atoms with E-state index in [9.17, 15) is 9.59 Å². The van der Waals surface area contributed by atoms with Crippen LogP contribution in [0, 0.1) is 0 Å². The van der Waals surface area contributed by atoms with Gasteiger partial charge >= 0.3 is 6.09 Å². The number of methoxy groups -OCH3 is 3. The number of ether oxygens (including phenoxy) is 5. The summed E-state index contributed by atoms with van der Waals surface area (Å²) in [6, 6.07) is 3.93. The van der Waals surface area contributed by atoms with Crippen LogP contribution in [0.2, 0.25) is 0 Å². The van der Waals surface area contributed by atoms with Gasteiger partial charge in [-0.25, -0.2) is 4.79 Å². The molecule has 250 valence electrons. The third-order valence-corrected chi connectivity index (χ3v) is 8.12. The molecule has 1 aliphatic rings. The second kappa shape index (κ2) is 14.0. The lowest BCUT2D eigenvalue weighted by atomic mass is 9.86. The van der Waals surface area contributed by atoms with Crippen LogP contribution in [0.3, 0.4) is 0 Å². The van der Waals surface area contributed by atoms with E-state index >= 15 is 0 Å². The van der Waals surface area contributed by atoms with Crippen molar-refractivity contribution in [3.63, 3.8) is 0 Å². The average Bonchev–Trinajstić information content (AvgIpc) is 3.57. The molecule has 0 aliphatic heterocycles. The van der Waals surface area contributed by atoms with E-state index in [0.29, 0.717) is 24.6 Å². The summed E-state index contributed by atoms with van der Waals surface area (Å²) < 4.78 is 28.1. The first-order chi connectivity index (χ1) is 21.6. The fourth-order valence-electron chi connectivity index (χ4n) is 5.01. The van der Waals surface area contributed by atoms with Crippen molar-refractivity contribution >= 4 is 35.0 Å². The highest BCUT2D eigenvalue weighted by molar-refractivity contribution is 7.11. The van der Waals surface area contributed by atoms with Gasteiger partial charge in [-0.3, -0.25) is 4.79 Å². The zero-order chi connectivity index (χ0) is 33.8. The summed E-state index contributed by atoms with van der Waals surface area (Å²) in [7, 11) is 4.44. The van der Waals surface area contributed by atoms with Crippen molar-refractivity contribution in [1.29, 1.82) is 0 Å². The van der Waals surface area contributed by atoms with Gasteiger partial charge in [0.1, 0.15) is 11.3 Å². The van der Waals surface area contributed by atoms with Crippen LogP contribution in [0.1, 0.15) is 76.5 Å². The molecule has 4 rings (SSSR count). The van der Waals surface area contributed by atoms with Gasteiger partial charge in [-0.15, -0.1) is 0 Å². The van der Waals surface area contributed by atoms with E-state index in [4.69, 9.17) is 23.7 Å². The third-order valence-electron chi connectivity index (χ3n) is 7.41. The molecule has 14 heteroatoms. The summed E-state index contributed by atoms with van der Waals surface area (Å²) >= 11 is 1.19. The number of carbonyl (C=O) groups excluding carboxylic acids is 2. The molecule has 0 saturated heterocycles. The van der Waals surface area contributed by atoms with Gasteiger partial charge in [0.05, 0.1) is 21.3 Å². The highest BCUT2D eigenvalue weighted by Crippen LogP contribution is 2.45. The number of carbonyl (C=O) groups is 2. The monoisotopic (exact) mass is 656 g/mol. The second-order valence-electron chi connectivity index (χ2n) is 12.7. The number of thiazole rings is 1. The lowest BCUT2D eigenvalue weighted by Crippen LogP contribution is -2.43. The zero-order valence-electron chi connectivity index (χ0n) is 28.2. The summed E-state index contributed by atoms with van der Waals surface area (Å²) in [4.78, 5) is 40.7. The Bertz CT molecular complexity index is 1540. The number of hydrogen-bond acceptors (Lipinski definition) is 12. The number of nitrogens with zero attached hydrogens (tertiary/aromatic N) is 4. The van der Waals surface area contributed by atoms with Crippen LogP contribution in [0.5, 0.6) is 28.5 Å². The first kappa shape index (κ1) is 34.5. The maximum absolute atomic E-state index is 13.3. The quantitative estimate of drug-likeness (QED) is 0.227. The number of benzene rings is 1. The van der Waals surface area contributed by atoms with Gasteiger partial charge in [0, 0.05) is 24.5 Å². The summed E-state index contributed by atoms with van der Waals surface area (Å²) in [6.07, 6.45) is 1.62. The van der Waals surface area contributed by atoms with Crippen molar-refractivity contribution in [3.8, 4) is 28.5 Å². The van der Waals surface area contributed by atoms with Gasteiger partial charge < -0.3 is 39.2 Å². The molecule has 2 amide bonds. The second-order valence-corrected chi connectivity index (χ2v) is 13.6. The van der Waals surface area contributed by atoms with Gasteiger partial charge in [-0.1, -0.05) is 25.2 Å². The Morgan fingerprint density at radius 3 is 2.28 bits per heavy atom. The number of aromatic nitrogens is 3. The molecule has 0 spiro atoms. The SMILES string of the molecule is COc1cc2c(cc1Oc1nc(C(=O)Nc3c(OC)nc(NCCN(C(=O)OC(C)(C)C)C(C)C)nc3OC)cs1)C(C)(C)CC2. The number of fused-ring (bicyclic) bond motifs is 1. The maximum atomic E-state index is 13.3. The molecule has 2 heterocycles. The van der Waals surface area contributed by atoms with Gasteiger partial charge in [0.2, 0.25) is 17.7 Å². The fourth-order valence-corrected chi connectivity index (χ4v) is 5.67. The predicted octanol–water partition coefficient (Wildman–Crippen LogP) is 6.28. The van der Waals surface area contributed by atoms with E-state index in [0.717, 1.165) is 12.8 Å². The lowest BCUT2D eigenvalue weighted by Gasteiger charge is -2.30. The van der Waals surface area contributed by atoms with Gasteiger partial charge in [-0.05, 0) is 76.1 Å². The Balaban J connectivity index is 1.45. The molecule has 0 bridgehead atoms. The van der Waals surface area contributed by atoms with Crippen LogP contribution < -0.4 is 29.6 Å². The Morgan fingerprint density at radius 1 is 1.02 bits per heavy atom. The summed E-state index contributed by atoms with van der Waals surface area (Å²) in [5.41, 5.74) is 2.15. The standard InChI is InChI=1S/C32H44N6O7S/c1-18(2)38(30(40)45-31(3,4)5)14-13-33-28-36-26(42-9)24(27(37-28)43-10)35-25(39)21-17-46-29(34-21)44-23-16-20-19(15-22(23)41-8)11-12-32(20,6)7/h15-18H,11-14H2,1-10H3,(H,35,39)(H,33,36,37). The Hall–Kier alpha value is -4.33. The molecule has 1 aliphatic carbocycles. The predicted molar refractivity (Wildman–Crippen MR) is 176 cm³/mol. The summed E-state index contributed by atoms with van der Waals surface area (Å²) in [5, 5.41) is 7.71. The van der Waals surface area contributed by atoms with Crippen LogP contribution in [0.4, 0.5) is 16.4 Å². The summed E-state index contributed by atoms with van der Waals surface area (Å²) in [5.74, 6) is 0.967. The van der Waals surface area contributed by atoms with E-state index in [-0.39, 0.29) is 45.7 Å². The van der Waals surface area contributed by atoms with Crippen LogP contribution in [0.25, 0.3) is 0 Å². The molecule has 2 aromatic heterocycles. The minimum atomic E-state index is -0.609. The van der Waals surface area contributed by atoms with E-state index < -0.39 is 17.6 Å². The molecular formula is C32H44N6O7S. The van der Waals surface area contributed by atoms with Crippen LogP contribution in [0.15, 0.2) is 17.5 Å². The zero-order valence-corrected chi connectivity index (χ0v) is 29.0. The number of anilines is 2. The number of rotatable bonds is 12. The van der Waals surface area contributed by atoms with Crippen LogP contribution in [-0.2, 0) is 16.6 Å². The Kier molecular flexibility index (Phi) is 10.5. The number of nitrogens with one attached hydrogen (secondary N) is 2. The van der Waals surface area contributed by atoms with Crippen molar-refractivity contribution in [2.75, 3.05) is 45.1 Å². The van der Waals surface area contributed by atoms with Crippen molar-refractivity contribution < 1.29 is 33.3 Å².